The van der Waals surface area contributed by atoms with Gasteiger partial charge in [-0.1, -0.05) is 71.8 Å². The molecule has 2 N–H and O–H groups in total. The monoisotopic (exact) mass is 486 g/mol. The average molecular weight is 487 g/mol. The van der Waals surface area contributed by atoms with E-state index in [1.165, 1.54) is 33.7 Å². The Hall–Kier alpha value is -1.92. The molecule has 2 nitrogen and oxygen atoms in total. The third-order valence-electron chi connectivity index (χ3n) is 5.32. The molecule has 3 aromatic carbocycles. The fraction of sp³-hybridized carbons (Fsp3) is 0.269. The SMILES string of the molecule is CSc1c(Cl)ccc2c1CCNCC2.Cc1ccc(C(=S)NCc2ccc(F)cc2)cc1. The minimum Gasteiger partial charge on any atom is -0.372 e. The van der Waals surface area contributed by atoms with Crippen molar-refractivity contribution in [2.45, 2.75) is 31.2 Å². The number of rotatable bonds is 4. The van der Waals surface area contributed by atoms with Crippen molar-refractivity contribution in [2.75, 3.05) is 19.3 Å². The molecular formula is C26H28ClFN2S2. The Bertz CT molecular complexity index is 1040. The van der Waals surface area contributed by atoms with Gasteiger partial charge in [-0.25, -0.2) is 4.39 Å². The second-order valence-corrected chi connectivity index (χ2v) is 9.28. The smallest absolute Gasteiger partial charge is 0.123 e. The van der Waals surface area contributed by atoms with E-state index in [9.17, 15) is 4.39 Å². The normalized spacial score (nSPS) is 12.8. The molecule has 0 unspecified atom stereocenters. The highest BCUT2D eigenvalue weighted by atomic mass is 35.5. The number of thioether (sulfide) groups is 1. The maximum Gasteiger partial charge on any atom is 0.123 e. The summed E-state index contributed by atoms with van der Waals surface area (Å²) in [5.41, 5.74) is 6.13. The Kier molecular flexibility index (Phi) is 9.54. The minimum absolute atomic E-state index is 0.222. The highest BCUT2D eigenvalue weighted by molar-refractivity contribution is 7.98. The van der Waals surface area contributed by atoms with E-state index in [0.717, 1.165) is 42.1 Å². The summed E-state index contributed by atoms with van der Waals surface area (Å²) >= 11 is 13.2. The van der Waals surface area contributed by atoms with Crippen LogP contribution in [0.2, 0.25) is 5.02 Å². The van der Waals surface area contributed by atoms with Crippen LogP contribution >= 0.6 is 35.6 Å². The van der Waals surface area contributed by atoms with Crippen LogP contribution in [0, 0.1) is 12.7 Å². The maximum atomic E-state index is 12.7. The van der Waals surface area contributed by atoms with Crippen LogP contribution in [0.25, 0.3) is 0 Å². The van der Waals surface area contributed by atoms with E-state index < -0.39 is 0 Å². The first-order valence-corrected chi connectivity index (χ1v) is 12.6. The summed E-state index contributed by atoms with van der Waals surface area (Å²) in [5, 5.41) is 7.48. The van der Waals surface area contributed by atoms with Gasteiger partial charge in [0.15, 0.2) is 0 Å². The number of thiocarbonyl (C=S) groups is 1. The van der Waals surface area contributed by atoms with Gasteiger partial charge in [-0.05, 0) is 74.0 Å². The summed E-state index contributed by atoms with van der Waals surface area (Å²) in [7, 11) is 0. The molecule has 0 aromatic heterocycles. The summed E-state index contributed by atoms with van der Waals surface area (Å²) in [4.78, 5) is 1.98. The highest BCUT2D eigenvalue weighted by Crippen LogP contribution is 2.32. The van der Waals surface area contributed by atoms with E-state index in [1.807, 2.05) is 37.3 Å². The van der Waals surface area contributed by atoms with Crippen molar-refractivity contribution >= 4 is 40.6 Å². The second kappa shape index (κ2) is 12.4. The zero-order valence-corrected chi connectivity index (χ0v) is 20.8. The van der Waals surface area contributed by atoms with Crippen molar-refractivity contribution in [3.05, 3.63) is 99.3 Å². The predicted octanol–water partition coefficient (Wildman–Crippen LogP) is 6.35. The van der Waals surface area contributed by atoms with E-state index in [1.54, 1.807) is 23.9 Å². The molecule has 0 bridgehead atoms. The molecule has 1 heterocycles. The number of aryl methyl sites for hydroxylation is 1. The topological polar surface area (TPSA) is 24.1 Å². The summed E-state index contributed by atoms with van der Waals surface area (Å²) < 4.78 is 12.7. The molecule has 1 aliphatic heterocycles. The van der Waals surface area contributed by atoms with Crippen LogP contribution < -0.4 is 10.6 Å². The van der Waals surface area contributed by atoms with Gasteiger partial charge in [0.1, 0.15) is 10.8 Å². The van der Waals surface area contributed by atoms with Crippen LogP contribution in [-0.4, -0.2) is 24.3 Å². The first-order valence-electron chi connectivity index (χ1n) is 10.6. The first kappa shape index (κ1) is 24.7. The highest BCUT2D eigenvalue weighted by Gasteiger charge is 2.13. The summed E-state index contributed by atoms with van der Waals surface area (Å²) in [6, 6.07) is 18.6. The van der Waals surface area contributed by atoms with E-state index in [2.05, 4.69) is 23.0 Å². The van der Waals surface area contributed by atoms with Gasteiger partial charge in [0.05, 0.1) is 5.02 Å². The third kappa shape index (κ3) is 7.04. The Morgan fingerprint density at radius 1 is 1.03 bits per heavy atom. The standard InChI is InChI=1S/C15H14FNS.C11H14ClNS/c1-11-2-6-13(7-3-11)15(18)17-10-12-4-8-14(16)9-5-12;1-14-11-9-5-7-13-6-4-8(9)2-3-10(11)12/h2-9H,10H2,1H3,(H,17,18);2-3,13H,4-7H2,1H3. The van der Waals surface area contributed by atoms with Crippen molar-refractivity contribution in [1.82, 2.24) is 10.6 Å². The summed E-state index contributed by atoms with van der Waals surface area (Å²) in [5.74, 6) is -0.222. The number of fused-ring (bicyclic) bond motifs is 1. The lowest BCUT2D eigenvalue weighted by Crippen LogP contribution is -2.21. The average Bonchev–Trinajstić information content (AvgIpc) is 3.05. The van der Waals surface area contributed by atoms with Gasteiger partial charge in [-0.2, -0.15) is 0 Å². The van der Waals surface area contributed by atoms with Crippen LogP contribution in [0.3, 0.4) is 0 Å². The Labute approximate surface area is 205 Å². The number of benzene rings is 3. The molecule has 6 heteroatoms. The Morgan fingerprint density at radius 3 is 2.41 bits per heavy atom. The molecule has 168 valence electrons. The second-order valence-electron chi connectivity index (χ2n) is 7.64. The molecule has 0 radical (unpaired) electrons. The third-order valence-corrected chi connectivity index (χ3v) is 7.00. The van der Waals surface area contributed by atoms with E-state index in [0.29, 0.717) is 11.5 Å². The quantitative estimate of drug-likeness (QED) is 0.331. The zero-order chi connectivity index (χ0) is 22.9. The molecule has 0 spiro atoms. The van der Waals surface area contributed by atoms with Crippen LogP contribution in [0.1, 0.15) is 27.8 Å². The summed E-state index contributed by atoms with van der Waals surface area (Å²) in [6.07, 6.45) is 4.33. The van der Waals surface area contributed by atoms with Crippen LogP contribution in [0.15, 0.2) is 65.6 Å². The van der Waals surface area contributed by atoms with Gasteiger partial charge in [0.2, 0.25) is 0 Å². The van der Waals surface area contributed by atoms with Gasteiger partial charge in [-0.15, -0.1) is 11.8 Å². The molecule has 0 atom stereocenters. The molecule has 3 aromatic rings. The number of nitrogens with one attached hydrogen (secondary N) is 2. The van der Waals surface area contributed by atoms with Gasteiger partial charge in [0.25, 0.3) is 0 Å². The molecule has 32 heavy (non-hydrogen) atoms. The van der Waals surface area contributed by atoms with Crippen molar-refractivity contribution in [2.24, 2.45) is 0 Å². The number of halogens is 2. The van der Waals surface area contributed by atoms with Crippen LogP contribution in [-0.2, 0) is 19.4 Å². The van der Waals surface area contributed by atoms with E-state index in [-0.39, 0.29) is 5.82 Å². The van der Waals surface area contributed by atoms with Gasteiger partial charge < -0.3 is 10.6 Å². The van der Waals surface area contributed by atoms with E-state index in [4.69, 9.17) is 23.8 Å². The maximum absolute atomic E-state index is 12.7. The van der Waals surface area contributed by atoms with Crippen LogP contribution in [0.5, 0.6) is 0 Å². The minimum atomic E-state index is -0.222. The molecule has 0 saturated carbocycles. The molecule has 0 aliphatic carbocycles. The lowest BCUT2D eigenvalue weighted by Gasteiger charge is -2.11. The lowest BCUT2D eigenvalue weighted by atomic mass is 10.0. The summed E-state index contributed by atoms with van der Waals surface area (Å²) in [6.45, 7) is 4.80. The van der Waals surface area contributed by atoms with Gasteiger partial charge in [0, 0.05) is 17.0 Å². The number of hydrogen-bond acceptors (Lipinski definition) is 3. The first-order chi connectivity index (χ1) is 15.5. The fourth-order valence-electron chi connectivity index (χ4n) is 3.52. The molecular weight excluding hydrogens is 459 g/mol. The molecule has 0 fully saturated rings. The predicted molar refractivity (Wildman–Crippen MR) is 140 cm³/mol. The van der Waals surface area contributed by atoms with E-state index >= 15 is 0 Å². The largest absolute Gasteiger partial charge is 0.372 e. The Morgan fingerprint density at radius 2 is 1.72 bits per heavy atom. The van der Waals surface area contributed by atoms with Crippen molar-refractivity contribution in [1.29, 1.82) is 0 Å². The Balaban J connectivity index is 0.000000186. The molecule has 0 amide bonds. The molecule has 4 rings (SSSR count). The van der Waals surface area contributed by atoms with Crippen LogP contribution in [0.4, 0.5) is 4.39 Å². The van der Waals surface area contributed by atoms with Gasteiger partial charge in [-0.3, -0.25) is 0 Å². The molecule has 1 aliphatic rings. The fourth-order valence-corrected chi connectivity index (χ4v) is 4.88. The van der Waals surface area contributed by atoms with Crippen molar-refractivity contribution in [3.63, 3.8) is 0 Å². The lowest BCUT2D eigenvalue weighted by molar-refractivity contribution is 0.627. The number of hydrogen-bond donors (Lipinski definition) is 2. The van der Waals surface area contributed by atoms with Gasteiger partial charge >= 0.3 is 0 Å². The zero-order valence-electron chi connectivity index (χ0n) is 18.4. The van der Waals surface area contributed by atoms with Crippen molar-refractivity contribution < 1.29 is 4.39 Å². The van der Waals surface area contributed by atoms with Crippen molar-refractivity contribution in [3.8, 4) is 0 Å². The molecule has 0 saturated heterocycles.